The Bertz CT molecular complexity index is 1110. The van der Waals surface area contributed by atoms with Crippen LogP contribution in [0.1, 0.15) is 16.7 Å². The van der Waals surface area contributed by atoms with Gasteiger partial charge in [0.25, 0.3) is 5.91 Å². The van der Waals surface area contributed by atoms with Gasteiger partial charge in [-0.25, -0.2) is 4.99 Å². The summed E-state index contributed by atoms with van der Waals surface area (Å²) < 4.78 is 0. The quantitative estimate of drug-likeness (QED) is 0.605. The lowest BCUT2D eigenvalue weighted by molar-refractivity contribution is -0.112. The van der Waals surface area contributed by atoms with Crippen molar-refractivity contribution >= 4 is 40.4 Å². The zero-order valence-corrected chi connectivity index (χ0v) is 15.9. The van der Waals surface area contributed by atoms with E-state index in [2.05, 4.69) is 10.3 Å². The van der Waals surface area contributed by atoms with Crippen molar-refractivity contribution in [2.45, 2.75) is 6.92 Å². The van der Waals surface area contributed by atoms with E-state index in [1.165, 1.54) is 0 Å². The smallest absolute Gasteiger partial charge is 0.261 e. The largest absolute Gasteiger partial charge is 0.506 e. The predicted molar refractivity (Wildman–Crippen MR) is 113 cm³/mol. The molecule has 0 saturated heterocycles. The summed E-state index contributed by atoms with van der Waals surface area (Å²) >= 11 is 5.95. The third-order valence-electron chi connectivity index (χ3n) is 4.51. The maximum Gasteiger partial charge on any atom is 0.261 e. The molecule has 4 nitrogen and oxygen atoms in total. The molecule has 0 heterocycles. The van der Waals surface area contributed by atoms with Crippen LogP contribution in [0.3, 0.4) is 0 Å². The van der Waals surface area contributed by atoms with Crippen molar-refractivity contribution in [2.75, 3.05) is 5.32 Å². The molecule has 0 fully saturated rings. The van der Waals surface area contributed by atoms with Crippen LogP contribution in [0, 0.1) is 6.92 Å². The molecule has 0 atom stereocenters. The van der Waals surface area contributed by atoms with Crippen LogP contribution in [0.5, 0.6) is 0 Å². The molecule has 2 N–H and O–H groups in total. The summed E-state index contributed by atoms with van der Waals surface area (Å²) in [5.74, 6) is -0.488. The van der Waals surface area contributed by atoms with Crippen molar-refractivity contribution in [3.8, 4) is 0 Å². The van der Waals surface area contributed by atoms with Gasteiger partial charge in [-0.05, 0) is 43.3 Å². The lowest BCUT2D eigenvalue weighted by Gasteiger charge is -2.09. The van der Waals surface area contributed by atoms with Crippen molar-refractivity contribution in [3.63, 3.8) is 0 Å². The molecule has 3 aromatic carbocycles. The zero-order valence-electron chi connectivity index (χ0n) is 15.1. The summed E-state index contributed by atoms with van der Waals surface area (Å²) in [5.41, 5.74) is 4.27. The lowest BCUT2D eigenvalue weighted by Crippen LogP contribution is -2.19. The van der Waals surface area contributed by atoms with Crippen LogP contribution in [0.15, 0.2) is 83.4 Å². The van der Waals surface area contributed by atoms with Crippen LogP contribution in [-0.4, -0.2) is 16.7 Å². The topological polar surface area (TPSA) is 61.7 Å². The molecule has 0 aromatic heterocycles. The lowest BCUT2D eigenvalue weighted by atomic mass is 10.1. The maximum absolute atomic E-state index is 13.0. The van der Waals surface area contributed by atoms with Gasteiger partial charge in [0, 0.05) is 21.8 Å². The molecule has 138 valence electrons. The Hall–Kier alpha value is -3.37. The number of aliphatic hydroxyl groups is 1. The molecule has 0 spiro atoms. The maximum atomic E-state index is 13.0. The van der Waals surface area contributed by atoms with Gasteiger partial charge in [-0.2, -0.15) is 0 Å². The van der Waals surface area contributed by atoms with Crippen molar-refractivity contribution in [1.82, 2.24) is 0 Å². The highest BCUT2D eigenvalue weighted by atomic mass is 35.5. The van der Waals surface area contributed by atoms with Gasteiger partial charge in [-0.1, -0.05) is 53.6 Å². The fraction of sp³-hybridized carbons (Fsp3) is 0.0435. The van der Waals surface area contributed by atoms with E-state index >= 15 is 0 Å². The Kier molecular flexibility index (Phi) is 4.72. The van der Waals surface area contributed by atoms with Crippen LogP contribution < -0.4 is 5.32 Å². The number of hydrogen-bond acceptors (Lipinski definition) is 3. The van der Waals surface area contributed by atoms with Crippen LogP contribution >= 0.6 is 11.6 Å². The third-order valence-corrected chi connectivity index (χ3v) is 4.77. The zero-order chi connectivity index (χ0) is 19.7. The van der Waals surface area contributed by atoms with Gasteiger partial charge in [0.05, 0.1) is 11.4 Å². The summed E-state index contributed by atoms with van der Waals surface area (Å²) in [5, 5.41) is 14.2. The second-order valence-corrected chi connectivity index (χ2v) is 6.96. The molecule has 0 bridgehead atoms. The number of rotatable bonds is 3. The summed E-state index contributed by atoms with van der Waals surface area (Å²) in [4.78, 5) is 17.6. The second kappa shape index (κ2) is 7.33. The molecule has 1 aliphatic rings. The van der Waals surface area contributed by atoms with Gasteiger partial charge in [0.15, 0.2) is 0 Å². The molecule has 5 heteroatoms. The Balaban J connectivity index is 1.76. The SMILES string of the molecule is Cc1ccc(NC(=O)C2=C(O)c3ccccc3C2=Nc2ccc(Cl)cc2)cc1. The molecule has 28 heavy (non-hydrogen) atoms. The molecule has 1 amide bonds. The minimum Gasteiger partial charge on any atom is -0.506 e. The van der Waals surface area contributed by atoms with Crippen LogP contribution in [-0.2, 0) is 4.79 Å². The summed E-state index contributed by atoms with van der Waals surface area (Å²) in [7, 11) is 0. The fourth-order valence-electron chi connectivity index (χ4n) is 3.08. The van der Waals surface area contributed by atoms with Gasteiger partial charge >= 0.3 is 0 Å². The van der Waals surface area contributed by atoms with Gasteiger partial charge in [0.1, 0.15) is 11.3 Å². The number of nitrogens with zero attached hydrogens (tertiary/aromatic N) is 1. The van der Waals surface area contributed by atoms with E-state index in [0.29, 0.717) is 33.2 Å². The minimum absolute atomic E-state index is 0.0760. The van der Waals surface area contributed by atoms with Crippen LogP contribution in [0.2, 0.25) is 5.02 Å². The second-order valence-electron chi connectivity index (χ2n) is 6.53. The van der Waals surface area contributed by atoms with E-state index in [1.807, 2.05) is 49.4 Å². The fourth-order valence-corrected chi connectivity index (χ4v) is 3.21. The average Bonchev–Trinajstić information content (AvgIpc) is 2.98. The van der Waals surface area contributed by atoms with E-state index < -0.39 is 5.91 Å². The number of nitrogens with one attached hydrogen (secondary N) is 1. The first-order chi connectivity index (χ1) is 13.5. The van der Waals surface area contributed by atoms with E-state index in [-0.39, 0.29) is 11.3 Å². The molecule has 0 aliphatic heterocycles. The standard InChI is InChI=1S/C23H17ClN2O2/c1-14-6-10-17(11-7-14)26-23(28)20-21(25-16-12-8-15(24)9-13-16)18-4-2-3-5-19(18)22(20)27/h2-13,27H,1H3,(H,26,28). The number of fused-ring (bicyclic) bond motifs is 1. The highest BCUT2D eigenvalue weighted by Gasteiger charge is 2.32. The third kappa shape index (κ3) is 3.42. The summed E-state index contributed by atoms with van der Waals surface area (Å²) in [6.07, 6.45) is 0. The monoisotopic (exact) mass is 388 g/mol. The van der Waals surface area contributed by atoms with Crippen LogP contribution in [0.25, 0.3) is 5.76 Å². The number of anilines is 1. The number of aryl methyl sites for hydroxylation is 1. The Labute approximate surface area is 167 Å². The molecule has 0 unspecified atom stereocenters. The first-order valence-electron chi connectivity index (χ1n) is 8.78. The predicted octanol–water partition coefficient (Wildman–Crippen LogP) is 5.69. The molecule has 0 saturated carbocycles. The van der Waals surface area contributed by atoms with E-state index in [9.17, 15) is 9.90 Å². The molecule has 3 aromatic rings. The first-order valence-corrected chi connectivity index (χ1v) is 9.16. The first kappa shape index (κ1) is 18.0. The van der Waals surface area contributed by atoms with E-state index in [4.69, 9.17) is 11.6 Å². The minimum atomic E-state index is -0.412. The van der Waals surface area contributed by atoms with E-state index in [0.717, 1.165) is 5.56 Å². The molecule has 1 aliphatic carbocycles. The van der Waals surface area contributed by atoms with Crippen molar-refractivity contribution in [1.29, 1.82) is 0 Å². The highest BCUT2D eigenvalue weighted by Crippen LogP contribution is 2.34. The summed E-state index contributed by atoms with van der Waals surface area (Å²) in [6, 6.07) is 21.7. The molecule has 0 radical (unpaired) electrons. The van der Waals surface area contributed by atoms with Crippen LogP contribution in [0.4, 0.5) is 11.4 Å². The number of aliphatic imine (C=N–C) groups is 1. The number of carbonyl (C=O) groups is 1. The number of benzene rings is 3. The number of aliphatic hydroxyl groups excluding tert-OH is 1. The van der Waals surface area contributed by atoms with Crippen molar-refractivity contribution in [2.24, 2.45) is 4.99 Å². The van der Waals surface area contributed by atoms with Gasteiger partial charge in [0.2, 0.25) is 0 Å². The Morgan fingerprint density at radius 1 is 0.929 bits per heavy atom. The van der Waals surface area contributed by atoms with Gasteiger partial charge < -0.3 is 10.4 Å². The molecular weight excluding hydrogens is 372 g/mol. The van der Waals surface area contributed by atoms with E-state index in [1.54, 1.807) is 30.3 Å². The Morgan fingerprint density at radius 2 is 1.57 bits per heavy atom. The highest BCUT2D eigenvalue weighted by molar-refractivity contribution is 6.38. The number of carbonyl (C=O) groups excluding carboxylic acids is 1. The molecular formula is C23H17ClN2O2. The van der Waals surface area contributed by atoms with Gasteiger partial charge in [-0.15, -0.1) is 0 Å². The number of halogens is 1. The number of amides is 1. The summed E-state index contributed by atoms with van der Waals surface area (Å²) in [6.45, 7) is 1.98. The van der Waals surface area contributed by atoms with Crippen molar-refractivity contribution < 1.29 is 9.90 Å². The van der Waals surface area contributed by atoms with Crippen molar-refractivity contribution in [3.05, 3.63) is 100 Å². The normalized spacial score (nSPS) is 14.3. The molecule has 4 rings (SSSR count). The Morgan fingerprint density at radius 3 is 2.25 bits per heavy atom. The average molecular weight is 389 g/mol. The van der Waals surface area contributed by atoms with Gasteiger partial charge in [-0.3, -0.25) is 4.79 Å². The number of hydrogen-bond donors (Lipinski definition) is 2.